The molecule has 0 aliphatic heterocycles. The number of anilines is 2. The van der Waals surface area contributed by atoms with Crippen LogP contribution in [0.5, 0.6) is 5.75 Å². The number of nitrogens with one attached hydrogen (secondary N) is 1. The average molecular weight is 453 g/mol. The average Bonchev–Trinajstić information content (AvgIpc) is 3.22. The van der Waals surface area contributed by atoms with Gasteiger partial charge in [-0.05, 0) is 23.8 Å². The Morgan fingerprint density at radius 1 is 1.16 bits per heavy atom. The van der Waals surface area contributed by atoms with E-state index in [4.69, 9.17) is 9.47 Å². The van der Waals surface area contributed by atoms with Crippen LogP contribution in [0.15, 0.2) is 65.8 Å². The number of benzene rings is 1. The highest BCUT2D eigenvalue weighted by atomic mass is 32.2. The number of thioether (sulfide) groups is 1. The lowest BCUT2D eigenvalue weighted by atomic mass is 10.2. The normalized spacial score (nSPS) is 10.7. The minimum Gasteiger partial charge on any atom is -0.485 e. The summed E-state index contributed by atoms with van der Waals surface area (Å²) in [6, 6.07) is 15.6. The highest BCUT2D eigenvalue weighted by Gasteiger charge is 2.12. The third kappa shape index (κ3) is 5.71. The number of hydrogen-bond donors (Lipinski definition) is 1. The quantitative estimate of drug-likeness (QED) is 0.278. The first-order valence-electron chi connectivity index (χ1n) is 9.56. The van der Waals surface area contributed by atoms with Crippen LogP contribution in [-0.4, -0.2) is 33.8 Å². The van der Waals surface area contributed by atoms with Crippen LogP contribution in [0.4, 0.5) is 10.9 Å². The number of hydrogen-bond acceptors (Lipinski definition) is 9. The molecule has 4 aromatic rings. The number of thiazole rings is 1. The molecule has 3 heterocycles. The van der Waals surface area contributed by atoms with Crippen molar-refractivity contribution in [2.75, 3.05) is 18.2 Å². The van der Waals surface area contributed by atoms with Gasteiger partial charge in [0.2, 0.25) is 0 Å². The molecule has 0 amide bonds. The summed E-state index contributed by atoms with van der Waals surface area (Å²) < 4.78 is 10.8. The van der Waals surface area contributed by atoms with E-state index in [0.29, 0.717) is 35.5 Å². The molecule has 0 atom stereocenters. The maximum absolute atomic E-state index is 11.4. The number of carbonyl (C=O) groups is 1. The Balaban J connectivity index is 1.53. The van der Waals surface area contributed by atoms with Crippen LogP contribution < -0.4 is 10.1 Å². The number of fused-ring (bicyclic) bond motifs is 1. The van der Waals surface area contributed by atoms with Crippen LogP contribution in [0.25, 0.3) is 10.3 Å². The number of carbonyl (C=O) groups excluding carboxylic acids is 1. The van der Waals surface area contributed by atoms with Crippen molar-refractivity contribution < 1.29 is 14.3 Å². The molecule has 0 aliphatic carbocycles. The predicted molar refractivity (Wildman–Crippen MR) is 123 cm³/mol. The fourth-order valence-electron chi connectivity index (χ4n) is 2.72. The van der Waals surface area contributed by atoms with Gasteiger partial charge in [0.25, 0.3) is 0 Å². The Labute approximate surface area is 187 Å². The fraction of sp³-hybridized carbons (Fsp3) is 0.182. The second kappa shape index (κ2) is 10.2. The number of methoxy groups -OCH3 is 1. The van der Waals surface area contributed by atoms with E-state index < -0.39 is 0 Å². The van der Waals surface area contributed by atoms with Gasteiger partial charge in [-0.2, -0.15) is 0 Å². The zero-order chi connectivity index (χ0) is 21.5. The van der Waals surface area contributed by atoms with Crippen LogP contribution in [-0.2, 0) is 16.1 Å². The van der Waals surface area contributed by atoms with Gasteiger partial charge in [0.15, 0.2) is 16.7 Å². The molecule has 0 bridgehead atoms. The highest BCUT2D eigenvalue weighted by molar-refractivity contribution is 7.99. The van der Waals surface area contributed by atoms with Crippen molar-refractivity contribution in [2.24, 2.45) is 0 Å². The molecule has 0 aliphatic rings. The SMILES string of the molecule is COC(=O)CCSc1cnc(Nc2nc3cccnc3s2)c(OCc2ccccc2)c1. The minimum atomic E-state index is -0.233. The van der Waals surface area contributed by atoms with Crippen molar-refractivity contribution in [1.29, 1.82) is 0 Å². The third-order valence-electron chi connectivity index (χ3n) is 4.26. The maximum atomic E-state index is 11.4. The summed E-state index contributed by atoms with van der Waals surface area (Å²) in [7, 11) is 1.39. The molecule has 0 saturated heterocycles. The third-order valence-corrected chi connectivity index (χ3v) is 6.12. The molecule has 158 valence electrons. The van der Waals surface area contributed by atoms with Crippen molar-refractivity contribution in [2.45, 2.75) is 17.9 Å². The number of aromatic nitrogens is 3. The molecule has 0 radical (unpaired) electrons. The van der Waals surface area contributed by atoms with Crippen molar-refractivity contribution in [3.63, 3.8) is 0 Å². The van der Waals surface area contributed by atoms with E-state index >= 15 is 0 Å². The van der Waals surface area contributed by atoms with Crippen molar-refractivity contribution in [1.82, 2.24) is 15.0 Å². The lowest BCUT2D eigenvalue weighted by Gasteiger charge is -2.13. The molecule has 9 heteroatoms. The molecule has 0 saturated carbocycles. The zero-order valence-electron chi connectivity index (χ0n) is 16.8. The summed E-state index contributed by atoms with van der Waals surface area (Å²) in [6.45, 7) is 0.412. The minimum absolute atomic E-state index is 0.233. The van der Waals surface area contributed by atoms with E-state index in [2.05, 4.69) is 20.3 Å². The van der Waals surface area contributed by atoms with Crippen LogP contribution in [0.3, 0.4) is 0 Å². The monoisotopic (exact) mass is 452 g/mol. The zero-order valence-corrected chi connectivity index (χ0v) is 18.4. The largest absolute Gasteiger partial charge is 0.485 e. The standard InChI is InChI=1S/C22H20N4O3S2/c1-28-19(27)9-11-30-16-12-18(29-14-15-6-3-2-4-7-15)20(24-13-16)26-22-25-17-8-5-10-23-21(17)31-22/h2-8,10,12-13H,9,11,14H2,1H3,(H,24,25,26). The first-order chi connectivity index (χ1) is 15.2. The molecular weight excluding hydrogens is 432 g/mol. The van der Waals surface area contributed by atoms with Crippen LogP contribution in [0, 0.1) is 0 Å². The van der Waals surface area contributed by atoms with Gasteiger partial charge in [0.05, 0.1) is 13.5 Å². The highest BCUT2D eigenvalue weighted by Crippen LogP contribution is 2.33. The van der Waals surface area contributed by atoms with E-state index in [1.807, 2.05) is 48.5 Å². The van der Waals surface area contributed by atoms with Crippen LogP contribution in [0.2, 0.25) is 0 Å². The second-order valence-corrected chi connectivity index (χ2v) is 8.58. The summed E-state index contributed by atoms with van der Waals surface area (Å²) in [6.07, 6.45) is 3.84. The molecule has 31 heavy (non-hydrogen) atoms. The summed E-state index contributed by atoms with van der Waals surface area (Å²) in [5, 5.41) is 3.95. The lowest BCUT2D eigenvalue weighted by Crippen LogP contribution is -2.02. The van der Waals surface area contributed by atoms with Gasteiger partial charge in [-0.3, -0.25) is 4.79 Å². The first-order valence-corrected chi connectivity index (χ1v) is 11.4. The lowest BCUT2D eigenvalue weighted by molar-refractivity contribution is -0.140. The van der Waals surface area contributed by atoms with E-state index in [1.54, 1.807) is 12.4 Å². The Morgan fingerprint density at radius 3 is 2.84 bits per heavy atom. The van der Waals surface area contributed by atoms with E-state index in [0.717, 1.165) is 20.8 Å². The van der Waals surface area contributed by atoms with Crippen LogP contribution in [0.1, 0.15) is 12.0 Å². The fourth-order valence-corrected chi connectivity index (χ4v) is 4.35. The molecular formula is C22H20N4O3S2. The molecule has 0 unspecified atom stereocenters. The Hall–Kier alpha value is -3.17. The topological polar surface area (TPSA) is 86.2 Å². The van der Waals surface area contributed by atoms with Crippen molar-refractivity contribution in [3.8, 4) is 5.75 Å². The van der Waals surface area contributed by atoms with Gasteiger partial charge in [0.1, 0.15) is 17.0 Å². The molecule has 0 fully saturated rings. The molecule has 4 rings (SSSR count). The summed E-state index contributed by atoms with van der Waals surface area (Å²) in [4.78, 5) is 26.6. The molecule has 1 N–H and O–H groups in total. The van der Waals surface area contributed by atoms with Gasteiger partial charge in [0, 0.05) is 23.0 Å². The summed E-state index contributed by atoms with van der Waals surface area (Å²) in [5.74, 6) is 1.55. The van der Waals surface area contributed by atoms with Gasteiger partial charge < -0.3 is 14.8 Å². The van der Waals surface area contributed by atoms with Crippen LogP contribution >= 0.6 is 23.1 Å². The van der Waals surface area contributed by atoms with Gasteiger partial charge >= 0.3 is 5.97 Å². The molecule has 7 nitrogen and oxygen atoms in total. The number of pyridine rings is 2. The van der Waals surface area contributed by atoms with Crippen molar-refractivity contribution >= 4 is 50.4 Å². The Kier molecular flexibility index (Phi) is 6.96. The molecule has 0 spiro atoms. The van der Waals surface area contributed by atoms with Crippen molar-refractivity contribution in [3.05, 3.63) is 66.5 Å². The number of rotatable bonds is 9. The Morgan fingerprint density at radius 2 is 2.03 bits per heavy atom. The summed E-state index contributed by atoms with van der Waals surface area (Å²) in [5.41, 5.74) is 1.89. The van der Waals surface area contributed by atoms with Gasteiger partial charge in [-0.15, -0.1) is 11.8 Å². The maximum Gasteiger partial charge on any atom is 0.306 e. The molecule has 3 aromatic heterocycles. The van der Waals surface area contributed by atoms with E-state index in [9.17, 15) is 4.79 Å². The Bertz CT molecular complexity index is 1130. The first kappa shape index (κ1) is 21.1. The second-order valence-electron chi connectivity index (χ2n) is 6.44. The number of ether oxygens (including phenoxy) is 2. The summed E-state index contributed by atoms with van der Waals surface area (Å²) >= 11 is 2.98. The van der Waals surface area contributed by atoms with Gasteiger partial charge in [-0.25, -0.2) is 15.0 Å². The smallest absolute Gasteiger partial charge is 0.306 e. The number of esters is 1. The number of nitrogens with zero attached hydrogens (tertiary/aromatic N) is 3. The van der Waals surface area contributed by atoms with E-state index in [1.165, 1.54) is 30.2 Å². The molecule has 1 aromatic carbocycles. The van der Waals surface area contributed by atoms with Gasteiger partial charge in [-0.1, -0.05) is 41.7 Å². The van der Waals surface area contributed by atoms with E-state index in [-0.39, 0.29) is 5.97 Å². The predicted octanol–water partition coefficient (Wildman–Crippen LogP) is 5.06.